The molecule has 1 atom stereocenters. The van der Waals surface area contributed by atoms with Gasteiger partial charge >= 0.3 is 0 Å². The predicted octanol–water partition coefficient (Wildman–Crippen LogP) is 2.09. The molecule has 1 aliphatic carbocycles. The maximum absolute atomic E-state index is 13.4. The monoisotopic (exact) mass is 419 g/mol. The Bertz CT molecular complexity index is 839. The second-order valence-corrected chi connectivity index (χ2v) is 11.3. The van der Waals surface area contributed by atoms with Gasteiger partial charge in [-0.25, -0.2) is 12.7 Å². The summed E-state index contributed by atoms with van der Waals surface area (Å²) in [6.07, 6.45) is 4.12. The molecular weight excluding hydrogens is 386 g/mol. The van der Waals surface area contributed by atoms with Crippen molar-refractivity contribution in [2.75, 3.05) is 46.3 Å². The van der Waals surface area contributed by atoms with Gasteiger partial charge in [0.2, 0.25) is 15.9 Å². The number of nitrogens with zero attached hydrogens (tertiary/aromatic N) is 3. The van der Waals surface area contributed by atoms with Crippen molar-refractivity contribution in [1.29, 1.82) is 0 Å². The molecule has 2 heterocycles. The Morgan fingerprint density at radius 3 is 2.31 bits per heavy atom. The highest BCUT2D eigenvalue weighted by Crippen LogP contribution is 2.50. The number of likely N-dealkylation sites (N-methyl/N-ethyl adjacent to an activating group) is 1. The van der Waals surface area contributed by atoms with E-state index in [0.717, 1.165) is 63.0 Å². The lowest BCUT2D eigenvalue weighted by Crippen LogP contribution is -2.51. The maximum atomic E-state index is 13.4. The van der Waals surface area contributed by atoms with Gasteiger partial charge in [0, 0.05) is 39.3 Å². The Morgan fingerprint density at radius 2 is 1.69 bits per heavy atom. The third-order valence-electron chi connectivity index (χ3n) is 7.19. The molecule has 2 aliphatic heterocycles. The van der Waals surface area contributed by atoms with E-state index in [1.54, 1.807) is 4.31 Å². The van der Waals surface area contributed by atoms with Crippen molar-refractivity contribution < 1.29 is 13.2 Å². The van der Waals surface area contributed by atoms with Crippen molar-refractivity contribution in [2.45, 2.75) is 38.4 Å². The Hall–Kier alpha value is -1.44. The molecule has 1 aromatic rings. The molecule has 160 valence electrons. The number of piperazine rings is 1. The van der Waals surface area contributed by atoms with Crippen LogP contribution in [0.3, 0.4) is 0 Å². The van der Waals surface area contributed by atoms with Gasteiger partial charge in [-0.1, -0.05) is 42.7 Å². The van der Waals surface area contributed by atoms with Crippen LogP contribution in [0, 0.1) is 18.3 Å². The van der Waals surface area contributed by atoms with Gasteiger partial charge in [-0.05, 0) is 37.8 Å². The van der Waals surface area contributed by atoms with E-state index in [1.165, 1.54) is 0 Å². The molecule has 3 aliphatic rings. The largest absolute Gasteiger partial charge is 0.340 e. The molecule has 1 aromatic carbocycles. The van der Waals surface area contributed by atoms with Crippen molar-refractivity contribution >= 4 is 15.9 Å². The van der Waals surface area contributed by atoms with E-state index < -0.39 is 10.0 Å². The lowest BCUT2D eigenvalue weighted by Gasteiger charge is -2.37. The standard InChI is InChI=1S/C22H33N3O3S/c1-18-5-7-19(8-6-18)16-29(27,28)25-15-20(22(17-25)9-3-4-10-22)21(26)24-13-11-23(2)12-14-24/h5-8,20H,3-4,9-17H2,1-2H3. The first-order valence-corrected chi connectivity index (χ1v) is 12.4. The molecule has 0 radical (unpaired) electrons. The number of amides is 1. The molecule has 0 aromatic heterocycles. The highest BCUT2D eigenvalue weighted by atomic mass is 32.2. The first-order valence-electron chi connectivity index (χ1n) is 10.8. The first-order chi connectivity index (χ1) is 13.8. The number of rotatable bonds is 4. The van der Waals surface area contributed by atoms with Gasteiger partial charge in [-0.2, -0.15) is 0 Å². The summed E-state index contributed by atoms with van der Waals surface area (Å²) in [4.78, 5) is 17.6. The van der Waals surface area contributed by atoms with Crippen molar-refractivity contribution in [1.82, 2.24) is 14.1 Å². The number of hydrogen-bond acceptors (Lipinski definition) is 4. The zero-order chi connectivity index (χ0) is 20.6. The smallest absolute Gasteiger partial charge is 0.227 e. The quantitative estimate of drug-likeness (QED) is 0.750. The van der Waals surface area contributed by atoms with Crippen molar-refractivity contribution in [3.8, 4) is 0 Å². The molecule has 0 N–H and O–H groups in total. The van der Waals surface area contributed by atoms with Crippen molar-refractivity contribution in [3.63, 3.8) is 0 Å². The zero-order valence-corrected chi connectivity index (χ0v) is 18.5. The number of sulfonamides is 1. The maximum Gasteiger partial charge on any atom is 0.227 e. The fraction of sp³-hybridized carbons (Fsp3) is 0.682. The fourth-order valence-corrected chi connectivity index (χ4v) is 6.92. The number of benzene rings is 1. The minimum absolute atomic E-state index is 0.0127. The molecule has 1 unspecified atom stereocenters. The van der Waals surface area contributed by atoms with Crippen LogP contribution in [-0.2, 0) is 20.6 Å². The second kappa shape index (κ2) is 8.00. The van der Waals surface area contributed by atoms with Gasteiger partial charge in [0.15, 0.2) is 0 Å². The molecule has 1 spiro atoms. The van der Waals surface area contributed by atoms with Gasteiger partial charge in [-0.15, -0.1) is 0 Å². The van der Waals surface area contributed by atoms with Crippen LogP contribution in [0.1, 0.15) is 36.8 Å². The van der Waals surface area contributed by atoms with Gasteiger partial charge in [0.1, 0.15) is 0 Å². The zero-order valence-electron chi connectivity index (χ0n) is 17.6. The van der Waals surface area contributed by atoms with Crippen LogP contribution in [0.15, 0.2) is 24.3 Å². The second-order valence-electron chi connectivity index (χ2n) is 9.28. The highest BCUT2D eigenvalue weighted by molar-refractivity contribution is 7.88. The van der Waals surface area contributed by atoms with Crippen molar-refractivity contribution in [3.05, 3.63) is 35.4 Å². The molecule has 1 amide bonds. The topological polar surface area (TPSA) is 60.9 Å². The highest BCUT2D eigenvalue weighted by Gasteiger charge is 2.54. The number of carbonyl (C=O) groups excluding carboxylic acids is 1. The van der Waals surface area contributed by atoms with Crippen LogP contribution < -0.4 is 0 Å². The normalized spacial score (nSPS) is 25.7. The van der Waals surface area contributed by atoms with Gasteiger partial charge in [0.25, 0.3) is 0 Å². The first kappa shape index (κ1) is 20.8. The molecule has 6 nitrogen and oxygen atoms in total. The third-order valence-corrected chi connectivity index (χ3v) is 8.96. The Kier molecular flexibility index (Phi) is 5.75. The summed E-state index contributed by atoms with van der Waals surface area (Å²) in [6.45, 7) is 6.12. The minimum atomic E-state index is -3.44. The fourth-order valence-electron chi connectivity index (χ4n) is 5.29. The van der Waals surface area contributed by atoms with E-state index in [9.17, 15) is 13.2 Å². The Labute approximate surface area is 174 Å². The van der Waals surface area contributed by atoms with E-state index in [1.807, 2.05) is 36.1 Å². The van der Waals surface area contributed by atoms with Gasteiger partial charge in [-0.3, -0.25) is 4.79 Å². The van der Waals surface area contributed by atoms with Gasteiger partial charge in [0.05, 0.1) is 11.7 Å². The molecule has 3 fully saturated rings. The van der Waals surface area contributed by atoms with E-state index in [0.29, 0.717) is 13.1 Å². The molecule has 1 saturated carbocycles. The van der Waals surface area contributed by atoms with E-state index in [-0.39, 0.29) is 23.0 Å². The number of carbonyl (C=O) groups is 1. The van der Waals surface area contributed by atoms with E-state index >= 15 is 0 Å². The summed E-state index contributed by atoms with van der Waals surface area (Å²) in [6, 6.07) is 7.68. The Balaban J connectivity index is 1.52. The van der Waals surface area contributed by atoms with Crippen LogP contribution in [-0.4, -0.2) is 74.7 Å². The van der Waals surface area contributed by atoms with E-state index in [4.69, 9.17) is 0 Å². The van der Waals surface area contributed by atoms with Crippen LogP contribution in [0.5, 0.6) is 0 Å². The predicted molar refractivity (Wildman–Crippen MR) is 114 cm³/mol. The lowest BCUT2D eigenvalue weighted by molar-refractivity contribution is -0.139. The average Bonchev–Trinajstić information content (AvgIpc) is 3.32. The average molecular weight is 420 g/mol. The Morgan fingerprint density at radius 1 is 1.07 bits per heavy atom. The van der Waals surface area contributed by atoms with E-state index in [2.05, 4.69) is 11.9 Å². The SMILES string of the molecule is Cc1ccc(CS(=O)(=O)N2CC(C(=O)N3CCN(C)CC3)C3(CCCC3)C2)cc1. The van der Waals surface area contributed by atoms with Crippen LogP contribution in [0.2, 0.25) is 0 Å². The van der Waals surface area contributed by atoms with Gasteiger partial charge < -0.3 is 9.80 Å². The molecule has 29 heavy (non-hydrogen) atoms. The third kappa shape index (κ3) is 4.23. The summed E-state index contributed by atoms with van der Waals surface area (Å²) >= 11 is 0. The van der Waals surface area contributed by atoms with Crippen LogP contribution in [0.25, 0.3) is 0 Å². The summed E-state index contributed by atoms with van der Waals surface area (Å²) in [5.41, 5.74) is 1.76. The molecule has 0 bridgehead atoms. The molecular formula is C22H33N3O3S. The molecule has 2 saturated heterocycles. The summed E-state index contributed by atoms with van der Waals surface area (Å²) in [7, 11) is -1.36. The van der Waals surface area contributed by atoms with Crippen LogP contribution in [0.4, 0.5) is 0 Å². The molecule has 7 heteroatoms. The number of aryl methyl sites for hydroxylation is 1. The minimum Gasteiger partial charge on any atom is -0.340 e. The van der Waals surface area contributed by atoms with Crippen molar-refractivity contribution in [2.24, 2.45) is 11.3 Å². The molecule has 4 rings (SSSR count). The number of hydrogen-bond donors (Lipinski definition) is 0. The summed E-state index contributed by atoms with van der Waals surface area (Å²) in [5.74, 6) is -0.00655. The summed E-state index contributed by atoms with van der Waals surface area (Å²) in [5, 5.41) is 0. The lowest BCUT2D eigenvalue weighted by atomic mass is 9.76. The van der Waals surface area contributed by atoms with Crippen LogP contribution >= 0.6 is 0 Å². The summed E-state index contributed by atoms with van der Waals surface area (Å²) < 4.78 is 28.0.